The van der Waals surface area contributed by atoms with Gasteiger partial charge in [0.05, 0.1) is 0 Å². The van der Waals surface area contributed by atoms with Crippen LogP contribution >= 0.6 is 0 Å². The van der Waals surface area contributed by atoms with Gasteiger partial charge < -0.3 is 0 Å². The van der Waals surface area contributed by atoms with E-state index in [4.69, 9.17) is 0 Å². The Bertz CT molecular complexity index is 990. The van der Waals surface area contributed by atoms with Gasteiger partial charge in [0.15, 0.2) is 11.6 Å². The van der Waals surface area contributed by atoms with Crippen LogP contribution < -0.4 is 0 Å². The number of benzene rings is 3. The van der Waals surface area contributed by atoms with Gasteiger partial charge in [0.2, 0.25) is 0 Å². The highest BCUT2D eigenvalue weighted by atomic mass is 19.2. The molecule has 0 saturated heterocycles. The molecule has 3 aromatic carbocycles. The Morgan fingerprint density at radius 2 is 1.09 bits per heavy atom. The Kier molecular flexibility index (Phi) is 10.8. The normalized spacial score (nSPS) is 11.2. The molecule has 0 fully saturated rings. The van der Waals surface area contributed by atoms with Gasteiger partial charge in [-0.1, -0.05) is 126 Å². The third-order valence-electron chi connectivity index (χ3n) is 6.86. The van der Waals surface area contributed by atoms with Crippen molar-refractivity contribution in [3.05, 3.63) is 83.4 Å². The second-order valence-corrected chi connectivity index (χ2v) is 9.42. The number of hydrogen-bond donors (Lipinski definition) is 0. The van der Waals surface area contributed by atoms with Gasteiger partial charge in [-0.3, -0.25) is 0 Å². The van der Waals surface area contributed by atoms with Crippen LogP contribution in [-0.2, 0) is 12.8 Å². The standard InChI is InChI=1S/C32H40F2/c1-3-5-6-7-8-9-10-11-12-16-19-29-25(4-2)24-30(32(34)31(29)33)28-22-20-27(21-23-28)26-17-14-13-15-18-26/h13-15,17-18,20-24H,3-12,16,19H2,1-2H3. The quantitative estimate of drug-likeness (QED) is 0.209. The lowest BCUT2D eigenvalue weighted by Gasteiger charge is -2.14. The number of aryl methyl sites for hydroxylation is 1. The van der Waals surface area contributed by atoms with Crippen molar-refractivity contribution in [2.75, 3.05) is 0 Å². The molecule has 0 aliphatic heterocycles. The van der Waals surface area contributed by atoms with Crippen molar-refractivity contribution in [2.24, 2.45) is 0 Å². The molecule has 0 radical (unpaired) electrons. The minimum absolute atomic E-state index is 0.362. The molecule has 0 amide bonds. The van der Waals surface area contributed by atoms with E-state index in [9.17, 15) is 0 Å². The van der Waals surface area contributed by atoms with Crippen molar-refractivity contribution in [3.8, 4) is 22.3 Å². The average molecular weight is 463 g/mol. The topological polar surface area (TPSA) is 0 Å². The minimum Gasteiger partial charge on any atom is -0.203 e. The summed E-state index contributed by atoms with van der Waals surface area (Å²) in [5, 5.41) is 0. The van der Waals surface area contributed by atoms with Crippen molar-refractivity contribution >= 4 is 0 Å². The lowest BCUT2D eigenvalue weighted by atomic mass is 9.92. The van der Waals surface area contributed by atoms with E-state index in [0.717, 1.165) is 35.1 Å². The van der Waals surface area contributed by atoms with Gasteiger partial charge in [0.1, 0.15) is 0 Å². The number of rotatable bonds is 14. The number of halogens is 2. The molecule has 3 aromatic rings. The molecule has 2 heteroatoms. The molecule has 0 unspecified atom stereocenters. The summed E-state index contributed by atoms with van der Waals surface area (Å²) >= 11 is 0. The summed E-state index contributed by atoms with van der Waals surface area (Å²) < 4.78 is 30.3. The maximum atomic E-state index is 15.1. The maximum Gasteiger partial charge on any atom is 0.166 e. The summed E-state index contributed by atoms with van der Waals surface area (Å²) in [6, 6.07) is 19.7. The second-order valence-electron chi connectivity index (χ2n) is 9.42. The first-order chi connectivity index (χ1) is 16.7. The molecule has 0 spiro atoms. The summed E-state index contributed by atoms with van der Waals surface area (Å²) in [4.78, 5) is 0. The molecule has 0 nitrogen and oxygen atoms in total. The Labute approximate surface area is 205 Å². The molecular formula is C32H40F2. The zero-order chi connectivity index (χ0) is 24.2. The monoisotopic (exact) mass is 462 g/mol. The molecule has 0 bridgehead atoms. The van der Waals surface area contributed by atoms with Crippen LogP contribution in [-0.4, -0.2) is 0 Å². The molecule has 3 rings (SSSR count). The van der Waals surface area contributed by atoms with Crippen molar-refractivity contribution in [2.45, 2.75) is 90.9 Å². The lowest BCUT2D eigenvalue weighted by molar-refractivity contribution is 0.494. The molecule has 182 valence electrons. The van der Waals surface area contributed by atoms with Crippen LogP contribution in [0.3, 0.4) is 0 Å². The van der Waals surface area contributed by atoms with Crippen LogP contribution in [0.15, 0.2) is 60.7 Å². The van der Waals surface area contributed by atoms with Gasteiger partial charge in [-0.15, -0.1) is 0 Å². The first-order valence-electron chi connectivity index (χ1n) is 13.3. The van der Waals surface area contributed by atoms with Crippen LogP contribution in [0.5, 0.6) is 0 Å². The SMILES string of the molecule is CCCCCCCCCCCCc1c(CC)cc(-c2ccc(-c3ccccc3)cc2)c(F)c1F. The van der Waals surface area contributed by atoms with Crippen LogP contribution in [0.1, 0.15) is 89.2 Å². The highest BCUT2D eigenvalue weighted by molar-refractivity contribution is 5.71. The van der Waals surface area contributed by atoms with E-state index in [1.165, 1.54) is 51.4 Å². The van der Waals surface area contributed by atoms with E-state index < -0.39 is 11.6 Å². The van der Waals surface area contributed by atoms with E-state index in [0.29, 0.717) is 24.0 Å². The van der Waals surface area contributed by atoms with Gasteiger partial charge in [-0.05, 0) is 53.1 Å². The maximum absolute atomic E-state index is 15.1. The first-order valence-corrected chi connectivity index (χ1v) is 13.3. The Balaban J connectivity index is 1.59. The van der Waals surface area contributed by atoms with Gasteiger partial charge in [0.25, 0.3) is 0 Å². The predicted octanol–water partition coefficient (Wildman–Crippen LogP) is 10.3. The Morgan fingerprint density at radius 1 is 0.559 bits per heavy atom. The van der Waals surface area contributed by atoms with Gasteiger partial charge in [-0.2, -0.15) is 0 Å². The average Bonchev–Trinajstić information content (AvgIpc) is 2.88. The molecule has 34 heavy (non-hydrogen) atoms. The fourth-order valence-electron chi connectivity index (χ4n) is 4.77. The minimum atomic E-state index is -0.716. The van der Waals surface area contributed by atoms with E-state index in [2.05, 4.69) is 6.92 Å². The fraction of sp³-hybridized carbons (Fsp3) is 0.438. The lowest BCUT2D eigenvalue weighted by Crippen LogP contribution is -2.03. The number of hydrogen-bond acceptors (Lipinski definition) is 0. The van der Waals surface area contributed by atoms with Gasteiger partial charge in [-0.25, -0.2) is 8.78 Å². The predicted molar refractivity (Wildman–Crippen MR) is 142 cm³/mol. The molecule has 0 saturated carbocycles. The Hall–Kier alpha value is -2.48. The van der Waals surface area contributed by atoms with Crippen LogP contribution in [0.4, 0.5) is 8.78 Å². The highest BCUT2D eigenvalue weighted by Crippen LogP contribution is 2.32. The summed E-state index contributed by atoms with van der Waals surface area (Å²) in [5.41, 5.74) is 4.76. The summed E-state index contributed by atoms with van der Waals surface area (Å²) in [7, 11) is 0. The Morgan fingerprint density at radius 3 is 1.68 bits per heavy atom. The summed E-state index contributed by atoms with van der Waals surface area (Å²) in [5.74, 6) is -1.37. The van der Waals surface area contributed by atoms with E-state index in [1.54, 1.807) is 0 Å². The van der Waals surface area contributed by atoms with Crippen molar-refractivity contribution in [3.63, 3.8) is 0 Å². The van der Waals surface area contributed by atoms with Crippen molar-refractivity contribution in [1.82, 2.24) is 0 Å². The first kappa shape index (κ1) is 26.1. The van der Waals surface area contributed by atoms with Gasteiger partial charge >= 0.3 is 0 Å². The van der Waals surface area contributed by atoms with E-state index in [1.807, 2.05) is 67.6 Å². The third-order valence-corrected chi connectivity index (χ3v) is 6.86. The highest BCUT2D eigenvalue weighted by Gasteiger charge is 2.18. The van der Waals surface area contributed by atoms with E-state index in [-0.39, 0.29) is 0 Å². The zero-order valence-corrected chi connectivity index (χ0v) is 21.0. The molecule has 0 aliphatic rings. The molecule has 0 heterocycles. The fourth-order valence-corrected chi connectivity index (χ4v) is 4.77. The molecular weight excluding hydrogens is 422 g/mol. The van der Waals surface area contributed by atoms with Crippen LogP contribution in [0, 0.1) is 11.6 Å². The smallest absolute Gasteiger partial charge is 0.166 e. The largest absolute Gasteiger partial charge is 0.203 e. The summed E-state index contributed by atoms with van der Waals surface area (Å²) in [6.07, 6.45) is 13.7. The third kappa shape index (κ3) is 7.26. The molecule has 0 N–H and O–H groups in total. The molecule has 0 aromatic heterocycles. The zero-order valence-electron chi connectivity index (χ0n) is 21.0. The van der Waals surface area contributed by atoms with Crippen molar-refractivity contribution in [1.29, 1.82) is 0 Å². The van der Waals surface area contributed by atoms with Gasteiger partial charge in [0, 0.05) is 5.56 Å². The van der Waals surface area contributed by atoms with E-state index >= 15 is 8.78 Å². The molecule has 0 aliphatic carbocycles. The van der Waals surface area contributed by atoms with Crippen LogP contribution in [0.2, 0.25) is 0 Å². The van der Waals surface area contributed by atoms with Crippen molar-refractivity contribution < 1.29 is 8.78 Å². The summed E-state index contributed by atoms with van der Waals surface area (Å²) in [6.45, 7) is 4.27. The number of unbranched alkanes of at least 4 members (excludes halogenated alkanes) is 9. The molecule has 0 atom stereocenters. The second kappa shape index (κ2) is 14.0. The van der Waals surface area contributed by atoms with Crippen LogP contribution in [0.25, 0.3) is 22.3 Å².